The Kier molecular flexibility index (Phi) is 8.45. The monoisotopic (exact) mass is 506 g/mol. The number of anilines is 1. The molecule has 4 aromatic rings. The molecule has 4 rings (SSSR count). The third kappa shape index (κ3) is 5.80. The first-order chi connectivity index (χ1) is 17.4. The molecule has 0 aromatic carbocycles. The minimum Gasteiger partial charge on any atom is -0.394 e. The number of fused-ring (bicyclic) bond motifs is 1. The van der Waals surface area contributed by atoms with Gasteiger partial charge >= 0.3 is 0 Å². The van der Waals surface area contributed by atoms with Crippen LogP contribution in [0.25, 0.3) is 27.5 Å². The molecule has 190 valence electrons. The van der Waals surface area contributed by atoms with Crippen molar-refractivity contribution in [2.45, 2.75) is 52.6 Å². The number of nitrogens with one attached hydrogen (secondary N) is 1. The Balaban J connectivity index is 1.69. The van der Waals surface area contributed by atoms with Gasteiger partial charge in [0.15, 0.2) is 11.4 Å². The van der Waals surface area contributed by atoms with Gasteiger partial charge in [-0.3, -0.25) is 4.79 Å². The van der Waals surface area contributed by atoms with E-state index in [0.717, 1.165) is 35.6 Å². The van der Waals surface area contributed by atoms with E-state index < -0.39 is 0 Å². The fraction of sp³-hybridized carbons (Fsp3) is 0.407. The summed E-state index contributed by atoms with van der Waals surface area (Å²) < 4.78 is 1.72. The lowest BCUT2D eigenvalue weighted by Gasteiger charge is -2.26. The lowest BCUT2D eigenvalue weighted by molar-refractivity contribution is 0.0964. The summed E-state index contributed by atoms with van der Waals surface area (Å²) in [5.41, 5.74) is 3.50. The minimum atomic E-state index is -0.203. The van der Waals surface area contributed by atoms with Crippen LogP contribution in [0.5, 0.6) is 0 Å². The number of carbonyl (C=O) groups is 1. The van der Waals surface area contributed by atoms with Gasteiger partial charge in [0.25, 0.3) is 0 Å². The second kappa shape index (κ2) is 11.7. The molecule has 0 fully saturated rings. The molecule has 36 heavy (non-hydrogen) atoms. The van der Waals surface area contributed by atoms with Gasteiger partial charge in [-0.2, -0.15) is 5.10 Å². The number of Topliss-reactive ketones (excluding diaryl/α,β-unsaturated/α-hetero) is 1. The smallest absolute Gasteiger partial charge is 0.165 e. The number of rotatable bonds is 12. The quantitative estimate of drug-likeness (QED) is 0.261. The lowest BCUT2D eigenvalue weighted by atomic mass is 10.0. The average Bonchev–Trinajstić information content (AvgIpc) is 3.57. The van der Waals surface area contributed by atoms with E-state index >= 15 is 0 Å². The van der Waals surface area contributed by atoms with Crippen molar-refractivity contribution in [3.8, 4) is 21.8 Å². The molecule has 0 aliphatic rings. The first kappa shape index (κ1) is 25.9. The summed E-state index contributed by atoms with van der Waals surface area (Å²) in [6.45, 7) is 10.2. The largest absolute Gasteiger partial charge is 0.394 e. The average molecular weight is 507 g/mol. The van der Waals surface area contributed by atoms with Crippen molar-refractivity contribution in [1.29, 1.82) is 0 Å². The molecule has 0 bridgehead atoms. The van der Waals surface area contributed by atoms with Gasteiger partial charge in [0.1, 0.15) is 5.82 Å². The van der Waals surface area contributed by atoms with Crippen molar-refractivity contribution in [1.82, 2.24) is 24.5 Å². The van der Waals surface area contributed by atoms with E-state index in [-0.39, 0.29) is 18.4 Å². The second-order valence-electron chi connectivity index (χ2n) is 9.00. The fourth-order valence-electron chi connectivity index (χ4n) is 4.33. The zero-order chi connectivity index (χ0) is 25.7. The fourth-order valence-corrected chi connectivity index (χ4v) is 5.02. The third-order valence-corrected chi connectivity index (χ3v) is 7.35. The van der Waals surface area contributed by atoms with Gasteiger partial charge in [-0.15, -0.1) is 11.3 Å². The molecular formula is C27H34N6O2S. The van der Waals surface area contributed by atoms with Crippen molar-refractivity contribution in [3.05, 3.63) is 53.7 Å². The molecule has 0 spiro atoms. The van der Waals surface area contributed by atoms with Gasteiger partial charge in [0.2, 0.25) is 0 Å². The predicted octanol–water partition coefficient (Wildman–Crippen LogP) is 5.01. The maximum atomic E-state index is 13.3. The summed E-state index contributed by atoms with van der Waals surface area (Å²) in [6.07, 6.45) is 4.86. The number of ketones is 1. The summed E-state index contributed by atoms with van der Waals surface area (Å²) >= 11 is 1.63. The first-order valence-corrected chi connectivity index (χ1v) is 13.4. The highest BCUT2D eigenvalue weighted by atomic mass is 32.1. The maximum absolute atomic E-state index is 13.3. The van der Waals surface area contributed by atoms with Crippen LogP contribution in [0.15, 0.2) is 48.1 Å². The molecule has 0 radical (unpaired) electrons. The number of carbonyl (C=O) groups excluding carboxylic acids is 1. The molecular weight excluding hydrogens is 472 g/mol. The van der Waals surface area contributed by atoms with Crippen LogP contribution in [-0.4, -0.2) is 67.2 Å². The number of pyridine rings is 1. The number of thiophene rings is 1. The Hall–Kier alpha value is -3.14. The maximum Gasteiger partial charge on any atom is 0.165 e. The van der Waals surface area contributed by atoms with E-state index in [4.69, 9.17) is 9.97 Å². The Morgan fingerprint density at radius 1 is 1.17 bits per heavy atom. The summed E-state index contributed by atoms with van der Waals surface area (Å²) in [4.78, 5) is 26.3. The van der Waals surface area contributed by atoms with Crippen LogP contribution in [0.1, 0.15) is 50.9 Å². The van der Waals surface area contributed by atoms with Crippen LogP contribution in [0, 0.1) is 0 Å². The van der Waals surface area contributed by atoms with Crippen LogP contribution in [0.2, 0.25) is 0 Å². The van der Waals surface area contributed by atoms with Gasteiger partial charge in [0.05, 0.1) is 34.6 Å². The van der Waals surface area contributed by atoms with Crippen LogP contribution in [0.4, 0.5) is 5.82 Å². The Bertz CT molecular complexity index is 1300. The SMILES string of the molecule is CCN(CC)[C@@H](C)CCC(=O)c1cc(N[C@@H](C)CO)nc(-c2cnn3ccc(-c4cccs4)nc23)c1. The summed E-state index contributed by atoms with van der Waals surface area (Å²) in [5.74, 6) is 0.615. The van der Waals surface area contributed by atoms with Gasteiger partial charge in [-0.05, 0) is 63.0 Å². The van der Waals surface area contributed by atoms with Crippen LogP contribution in [0.3, 0.4) is 0 Å². The second-order valence-corrected chi connectivity index (χ2v) is 9.95. The molecule has 0 saturated heterocycles. The van der Waals surface area contributed by atoms with Crippen molar-refractivity contribution in [2.75, 3.05) is 25.0 Å². The summed E-state index contributed by atoms with van der Waals surface area (Å²) in [7, 11) is 0. The highest BCUT2D eigenvalue weighted by Crippen LogP contribution is 2.29. The number of hydrogen-bond acceptors (Lipinski definition) is 8. The van der Waals surface area contributed by atoms with Gasteiger partial charge in [-0.25, -0.2) is 14.5 Å². The normalized spacial score (nSPS) is 13.3. The molecule has 0 aliphatic carbocycles. The third-order valence-electron chi connectivity index (χ3n) is 6.46. The van der Waals surface area contributed by atoms with E-state index in [1.54, 1.807) is 28.1 Å². The molecule has 2 atom stereocenters. The lowest BCUT2D eigenvalue weighted by Crippen LogP contribution is -2.33. The topological polar surface area (TPSA) is 95.7 Å². The summed E-state index contributed by atoms with van der Waals surface area (Å²) in [5, 5.41) is 19.2. The molecule has 9 heteroatoms. The van der Waals surface area contributed by atoms with Gasteiger partial charge in [-0.1, -0.05) is 19.9 Å². The van der Waals surface area contributed by atoms with Crippen molar-refractivity contribution < 1.29 is 9.90 Å². The first-order valence-electron chi connectivity index (χ1n) is 12.5. The Morgan fingerprint density at radius 3 is 2.67 bits per heavy atom. The number of aromatic nitrogens is 4. The molecule has 8 nitrogen and oxygen atoms in total. The predicted molar refractivity (Wildman–Crippen MR) is 146 cm³/mol. The summed E-state index contributed by atoms with van der Waals surface area (Å²) in [6, 6.07) is 9.71. The van der Waals surface area contributed by atoms with E-state index in [2.05, 4.69) is 36.1 Å². The molecule has 0 amide bonds. The van der Waals surface area contributed by atoms with E-state index in [0.29, 0.717) is 35.2 Å². The van der Waals surface area contributed by atoms with E-state index in [1.165, 1.54) is 0 Å². The van der Waals surface area contributed by atoms with Crippen molar-refractivity contribution >= 4 is 28.6 Å². The molecule has 4 aromatic heterocycles. The van der Waals surface area contributed by atoms with Gasteiger partial charge in [0, 0.05) is 30.3 Å². The number of aliphatic hydroxyl groups is 1. The van der Waals surface area contributed by atoms with Crippen LogP contribution in [-0.2, 0) is 0 Å². The highest BCUT2D eigenvalue weighted by molar-refractivity contribution is 7.13. The van der Waals surface area contributed by atoms with E-state index in [9.17, 15) is 9.90 Å². The molecule has 0 aliphatic heterocycles. The van der Waals surface area contributed by atoms with Crippen LogP contribution < -0.4 is 5.32 Å². The molecule has 4 heterocycles. The number of hydrogen-bond donors (Lipinski definition) is 2. The Labute approximate surface area is 216 Å². The standard InChI is InChI=1S/C27H34N6O2S/c1-5-32(6-2)19(4)9-10-24(35)20-14-23(30-26(15-20)29-18(3)17-34)21-16-28-33-12-11-22(31-27(21)33)25-8-7-13-36-25/h7-8,11-16,18-19,34H,5-6,9-10,17H2,1-4H3,(H,29,30)/t18-,19-/m0/s1. The number of nitrogens with zero attached hydrogens (tertiary/aromatic N) is 5. The minimum absolute atomic E-state index is 0.0426. The number of aliphatic hydroxyl groups excluding tert-OH is 1. The van der Waals surface area contributed by atoms with Crippen molar-refractivity contribution in [2.24, 2.45) is 0 Å². The van der Waals surface area contributed by atoms with E-state index in [1.807, 2.05) is 42.8 Å². The van der Waals surface area contributed by atoms with Crippen LogP contribution >= 0.6 is 11.3 Å². The zero-order valence-electron chi connectivity index (χ0n) is 21.3. The Morgan fingerprint density at radius 2 is 1.97 bits per heavy atom. The highest BCUT2D eigenvalue weighted by Gasteiger charge is 2.18. The molecule has 0 unspecified atom stereocenters. The molecule has 2 N–H and O–H groups in total. The molecule has 0 saturated carbocycles. The van der Waals surface area contributed by atoms with Crippen molar-refractivity contribution in [3.63, 3.8) is 0 Å². The zero-order valence-corrected chi connectivity index (χ0v) is 22.1. The van der Waals surface area contributed by atoms with Gasteiger partial charge < -0.3 is 15.3 Å².